The molecule has 0 radical (unpaired) electrons. The number of likely N-dealkylation sites (tertiary alicyclic amines) is 1. The largest absolute Gasteiger partial charge is 0.497 e. The number of hydrogen-bond donors (Lipinski definition) is 1. The monoisotopic (exact) mass is 377 g/mol. The summed E-state index contributed by atoms with van der Waals surface area (Å²) in [5.74, 6) is 1.18. The molecule has 2 aliphatic rings. The lowest BCUT2D eigenvalue weighted by Gasteiger charge is -2.52. The average molecular weight is 378 g/mol. The predicted octanol–water partition coefficient (Wildman–Crippen LogP) is 5.08. The highest BCUT2D eigenvalue weighted by Gasteiger charge is 2.48. The Labute approximate surface area is 168 Å². The van der Waals surface area contributed by atoms with Gasteiger partial charge in [0.05, 0.1) is 12.7 Å². The molecular formula is C25H31NO2. The minimum atomic E-state index is -0.511. The lowest BCUT2D eigenvalue weighted by Crippen LogP contribution is -2.54. The fourth-order valence-corrected chi connectivity index (χ4v) is 5.08. The van der Waals surface area contributed by atoms with E-state index in [4.69, 9.17) is 4.74 Å². The molecule has 2 aromatic carbocycles. The second-order valence-electron chi connectivity index (χ2n) is 8.23. The highest BCUT2D eigenvalue weighted by atomic mass is 16.5. The molecule has 2 aromatic rings. The summed E-state index contributed by atoms with van der Waals surface area (Å²) in [7, 11) is 1.70. The lowest BCUT2D eigenvalue weighted by atomic mass is 9.66. The summed E-state index contributed by atoms with van der Waals surface area (Å²) in [6.45, 7) is 1.83. The zero-order chi connectivity index (χ0) is 19.4. The van der Waals surface area contributed by atoms with Crippen LogP contribution >= 0.6 is 0 Å². The molecule has 1 aliphatic heterocycles. The summed E-state index contributed by atoms with van der Waals surface area (Å²) in [6.07, 6.45) is 9.75. The van der Waals surface area contributed by atoms with Crippen LogP contribution in [0.25, 0.3) is 6.08 Å². The van der Waals surface area contributed by atoms with Crippen LogP contribution in [0.4, 0.5) is 0 Å². The second-order valence-corrected chi connectivity index (χ2v) is 8.23. The first kappa shape index (κ1) is 19.2. The molecule has 1 saturated carbocycles. The Bertz CT molecular complexity index is 786. The van der Waals surface area contributed by atoms with Crippen molar-refractivity contribution in [1.29, 1.82) is 0 Å². The molecule has 148 valence electrons. The lowest BCUT2D eigenvalue weighted by molar-refractivity contribution is -0.122. The van der Waals surface area contributed by atoms with Crippen LogP contribution in [-0.2, 0) is 0 Å². The van der Waals surface area contributed by atoms with Gasteiger partial charge in [0.15, 0.2) is 0 Å². The first-order valence-electron chi connectivity index (χ1n) is 10.5. The topological polar surface area (TPSA) is 32.7 Å². The van der Waals surface area contributed by atoms with E-state index in [1.165, 1.54) is 17.5 Å². The zero-order valence-corrected chi connectivity index (χ0v) is 16.8. The fraction of sp³-hybridized carbons (Fsp3) is 0.440. The Kier molecular flexibility index (Phi) is 5.84. The van der Waals surface area contributed by atoms with Crippen LogP contribution in [0.3, 0.4) is 0 Å². The van der Waals surface area contributed by atoms with Crippen molar-refractivity contribution in [1.82, 2.24) is 4.90 Å². The maximum Gasteiger partial charge on any atom is 0.118 e. The number of ether oxygens (including phenoxy) is 1. The molecule has 0 spiro atoms. The molecule has 1 N–H and O–H groups in total. The quantitative estimate of drug-likeness (QED) is 0.789. The SMILES string of the molecule is COc1ccc([C@H]2[C@H]3CCCC[C@]3(O)CCN2C/C=C/c2ccccc2)cc1. The van der Waals surface area contributed by atoms with Crippen molar-refractivity contribution in [3.05, 3.63) is 71.8 Å². The maximum atomic E-state index is 11.4. The summed E-state index contributed by atoms with van der Waals surface area (Å²) in [5, 5.41) is 11.4. The van der Waals surface area contributed by atoms with Crippen molar-refractivity contribution in [3.63, 3.8) is 0 Å². The van der Waals surface area contributed by atoms with Crippen molar-refractivity contribution in [2.24, 2.45) is 5.92 Å². The summed E-state index contributed by atoms with van der Waals surface area (Å²) in [6, 6.07) is 19.2. The van der Waals surface area contributed by atoms with E-state index >= 15 is 0 Å². The standard InChI is InChI=1S/C25H31NO2/c1-28-22-14-12-21(13-15-22)24-23-11-5-6-16-25(23,27)17-19-26(24)18-7-10-20-8-3-2-4-9-20/h2-4,7-10,12-15,23-24,27H,5-6,11,16-19H2,1H3/b10-7+/t23-,24+,25+/m1/s1. The fourth-order valence-electron chi connectivity index (χ4n) is 5.08. The smallest absolute Gasteiger partial charge is 0.118 e. The van der Waals surface area contributed by atoms with E-state index in [1.807, 2.05) is 18.2 Å². The van der Waals surface area contributed by atoms with Crippen molar-refractivity contribution in [3.8, 4) is 5.75 Å². The van der Waals surface area contributed by atoms with Gasteiger partial charge in [-0.15, -0.1) is 0 Å². The molecule has 0 aromatic heterocycles. The van der Waals surface area contributed by atoms with E-state index in [9.17, 15) is 5.11 Å². The molecule has 2 fully saturated rings. The molecule has 3 atom stereocenters. The minimum Gasteiger partial charge on any atom is -0.497 e. The molecule has 3 nitrogen and oxygen atoms in total. The van der Waals surface area contributed by atoms with Gasteiger partial charge in [0, 0.05) is 25.0 Å². The number of hydrogen-bond acceptors (Lipinski definition) is 3. The number of nitrogens with zero attached hydrogens (tertiary/aromatic N) is 1. The minimum absolute atomic E-state index is 0.255. The second kappa shape index (κ2) is 8.50. The molecule has 3 heteroatoms. The van der Waals surface area contributed by atoms with Gasteiger partial charge in [0.1, 0.15) is 5.75 Å². The highest BCUT2D eigenvalue weighted by Crippen LogP contribution is 2.49. The molecular weight excluding hydrogens is 346 g/mol. The highest BCUT2D eigenvalue weighted by molar-refractivity contribution is 5.48. The van der Waals surface area contributed by atoms with Gasteiger partial charge in [-0.2, -0.15) is 0 Å². The molecule has 0 amide bonds. The van der Waals surface area contributed by atoms with E-state index in [2.05, 4.69) is 53.5 Å². The third kappa shape index (κ3) is 4.01. The van der Waals surface area contributed by atoms with Gasteiger partial charge < -0.3 is 9.84 Å². The van der Waals surface area contributed by atoms with E-state index in [0.717, 1.165) is 44.5 Å². The summed E-state index contributed by atoms with van der Waals surface area (Å²) < 4.78 is 5.35. The summed E-state index contributed by atoms with van der Waals surface area (Å²) in [5.41, 5.74) is 2.01. The third-order valence-corrected chi connectivity index (χ3v) is 6.58. The van der Waals surface area contributed by atoms with Gasteiger partial charge in [-0.05, 0) is 42.5 Å². The van der Waals surface area contributed by atoms with Crippen LogP contribution in [0.5, 0.6) is 5.75 Å². The van der Waals surface area contributed by atoms with E-state index in [-0.39, 0.29) is 6.04 Å². The van der Waals surface area contributed by atoms with E-state index in [0.29, 0.717) is 5.92 Å². The number of benzene rings is 2. The van der Waals surface area contributed by atoms with E-state index in [1.54, 1.807) is 7.11 Å². The summed E-state index contributed by atoms with van der Waals surface area (Å²) >= 11 is 0. The Morgan fingerprint density at radius 1 is 1.07 bits per heavy atom. The average Bonchev–Trinajstić information content (AvgIpc) is 2.74. The van der Waals surface area contributed by atoms with Gasteiger partial charge >= 0.3 is 0 Å². The molecule has 1 heterocycles. The van der Waals surface area contributed by atoms with Gasteiger partial charge in [-0.1, -0.05) is 67.5 Å². The molecule has 28 heavy (non-hydrogen) atoms. The van der Waals surface area contributed by atoms with Crippen LogP contribution in [0, 0.1) is 5.92 Å². The maximum absolute atomic E-state index is 11.4. The van der Waals surface area contributed by atoms with Crippen molar-refractivity contribution >= 4 is 6.08 Å². The Hall–Kier alpha value is -2.10. The van der Waals surface area contributed by atoms with E-state index < -0.39 is 5.60 Å². The number of fused-ring (bicyclic) bond motifs is 1. The van der Waals surface area contributed by atoms with Gasteiger partial charge in [-0.25, -0.2) is 0 Å². The normalized spacial score (nSPS) is 28.2. The predicted molar refractivity (Wildman–Crippen MR) is 114 cm³/mol. The van der Waals surface area contributed by atoms with Crippen LogP contribution in [0.1, 0.15) is 49.3 Å². The van der Waals surface area contributed by atoms with Gasteiger partial charge in [-0.3, -0.25) is 4.90 Å². The molecule has 1 saturated heterocycles. The first-order valence-corrected chi connectivity index (χ1v) is 10.5. The first-order chi connectivity index (χ1) is 13.7. The third-order valence-electron chi connectivity index (χ3n) is 6.58. The van der Waals surface area contributed by atoms with Gasteiger partial charge in [0.25, 0.3) is 0 Å². The van der Waals surface area contributed by atoms with Crippen LogP contribution in [0.2, 0.25) is 0 Å². The Morgan fingerprint density at radius 3 is 2.61 bits per heavy atom. The van der Waals surface area contributed by atoms with Crippen LogP contribution in [-0.4, -0.2) is 35.8 Å². The summed E-state index contributed by atoms with van der Waals surface area (Å²) in [4.78, 5) is 2.55. The van der Waals surface area contributed by atoms with Crippen molar-refractivity contribution in [2.75, 3.05) is 20.2 Å². The number of rotatable bonds is 5. The number of aliphatic hydroxyl groups is 1. The molecule has 4 rings (SSSR count). The Balaban J connectivity index is 1.58. The van der Waals surface area contributed by atoms with Crippen molar-refractivity contribution < 1.29 is 9.84 Å². The Morgan fingerprint density at radius 2 is 1.86 bits per heavy atom. The molecule has 0 bridgehead atoms. The molecule has 0 unspecified atom stereocenters. The number of methoxy groups -OCH3 is 1. The van der Waals surface area contributed by atoms with Crippen molar-refractivity contribution in [2.45, 2.75) is 43.7 Å². The number of piperidine rings is 1. The van der Waals surface area contributed by atoms with Crippen LogP contribution in [0.15, 0.2) is 60.7 Å². The molecule has 1 aliphatic carbocycles. The van der Waals surface area contributed by atoms with Gasteiger partial charge in [0.2, 0.25) is 0 Å². The zero-order valence-electron chi connectivity index (χ0n) is 16.8. The van der Waals surface area contributed by atoms with Crippen LogP contribution < -0.4 is 4.74 Å².